The molecule has 0 unspecified atom stereocenters. The molecule has 2 aromatic heterocycles. The van der Waals surface area contributed by atoms with Crippen molar-refractivity contribution in [3.05, 3.63) is 47.5 Å². The number of nitrogens with zero attached hydrogens (tertiary/aromatic N) is 2. The minimum Gasteiger partial charge on any atom is -0.466 e. The molecule has 6 nitrogen and oxygen atoms in total. The van der Waals surface area contributed by atoms with E-state index < -0.39 is 0 Å². The van der Waals surface area contributed by atoms with E-state index in [1.807, 2.05) is 43.0 Å². The number of pyridine rings is 1. The Hall–Kier alpha value is -2.34. The topological polar surface area (TPSA) is 67.6 Å². The second-order valence-corrected chi connectivity index (χ2v) is 7.77. The molecule has 3 heterocycles. The number of furan rings is 1. The SMILES string of the molecule is CO[C@@H]1C[C@H]2CN(C(=O)c3cc(C)oc3C)C[C@H]2C[C@H]1Nc1ccccn1. The summed E-state index contributed by atoms with van der Waals surface area (Å²) >= 11 is 0. The number of hydrogen-bond acceptors (Lipinski definition) is 5. The molecule has 4 rings (SSSR count). The number of amides is 1. The largest absolute Gasteiger partial charge is 0.466 e. The van der Waals surface area contributed by atoms with Crippen LogP contribution in [0, 0.1) is 25.7 Å². The molecule has 0 aromatic carbocycles. The molecule has 2 fully saturated rings. The molecular weight excluding hydrogens is 342 g/mol. The Morgan fingerprint density at radius 3 is 2.67 bits per heavy atom. The zero-order valence-corrected chi connectivity index (χ0v) is 16.1. The van der Waals surface area contributed by atoms with E-state index in [4.69, 9.17) is 9.15 Å². The molecule has 1 saturated heterocycles. The van der Waals surface area contributed by atoms with E-state index >= 15 is 0 Å². The molecule has 27 heavy (non-hydrogen) atoms. The number of ether oxygens (including phenoxy) is 1. The summed E-state index contributed by atoms with van der Waals surface area (Å²) in [5.74, 6) is 3.41. The molecule has 1 N–H and O–H groups in total. The summed E-state index contributed by atoms with van der Waals surface area (Å²) < 4.78 is 11.3. The van der Waals surface area contributed by atoms with Gasteiger partial charge < -0.3 is 19.4 Å². The molecule has 0 spiro atoms. The van der Waals surface area contributed by atoms with Crippen molar-refractivity contribution < 1.29 is 13.9 Å². The molecule has 1 aliphatic carbocycles. The van der Waals surface area contributed by atoms with Gasteiger partial charge in [-0.05, 0) is 56.7 Å². The smallest absolute Gasteiger partial charge is 0.257 e. The van der Waals surface area contributed by atoms with Crippen molar-refractivity contribution in [1.82, 2.24) is 9.88 Å². The van der Waals surface area contributed by atoms with Gasteiger partial charge in [-0.3, -0.25) is 4.79 Å². The van der Waals surface area contributed by atoms with Crippen molar-refractivity contribution in [2.45, 2.75) is 38.8 Å². The molecule has 0 radical (unpaired) electrons. The van der Waals surface area contributed by atoms with Crippen LogP contribution in [0.15, 0.2) is 34.9 Å². The number of carbonyl (C=O) groups is 1. The van der Waals surface area contributed by atoms with Gasteiger partial charge in [-0.25, -0.2) is 4.98 Å². The normalized spacial score (nSPS) is 27.4. The third-order valence-electron chi connectivity index (χ3n) is 5.98. The lowest BCUT2D eigenvalue weighted by Gasteiger charge is -2.37. The second-order valence-electron chi connectivity index (χ2n) is 7.77. The van der Waals surface area contributed by atoms with E-state index in [0.29, 0.717) is 23.2 Å². The van der Waals surface area contributed by atoms with Crippen LogP contribution in [0.5, 0.6) is 0 Å². The average Bonchev–Trinajstić information content (AvgIpc) is 3.23. The number of nitrogens with one attached hydrogen (secondary N) is 1. The van der Waals surface area contributed by atoms with Gasteiger partial charge in [-0.2, -0.15) is 0 Å². The number of carbonyl (C=O) groups excluding carboxylic acids is 1. The van der Waals surface area contributed by atoms with E-state index in [1.165, 1.54) is 0 Å². The average molecular weight is 369 g/mol. The van der Waals surface area contributed by atoms with Crippen molar-refractivity contribution in [3.8, 4) is 0 Å². The van der Waals surface area contributed by atoms with E-state index in [9.17, 15) is 4.79 Å². The lowest BCUT2D eigenvalue weighted by atomic mass is 9.77. The van der Waals surface area contributed by atoms with E-state index in [-0.39, 0.29) is 18.1 Å². The highest BCUT2D eigenvalue weighted by Gasteiger charge is 2.44. The highest BCUT2D eigenvalue weighted by Crippen LogP contribution is 2.39. The Morgan fingerprint density at radius 2 is 2.04 bits per heavy atom. The predicted octanol–water partition coefficient (Wildman–Crippen LogP) is 3.27. The van der Waals surface area contributed by atoms with Gasteiger partial charge in [-0.1, -0.05) is 6.07 Å². The number of hydrogen-bond donors (Lipinski definition) is 1. The minimum atomic E-state index is 0.0851. The summed E-state index contributed by atoms with van der Waals surface area (Å²) in [6.07, 6.45) is 3.86. The fraction of sp³-hybridized carbons (Fsp3) is 0.524. The van der Waals surface area contributed by atoms with Gasteiger partial charge in [-0.15, -0.1) is 0 Å². The van der Waals surface area contributed by atoms with Crippen LogP contribution in [-0.4, -0.2) is 48.1 Å². The number of methoxy groups -OCH3 is 1. The zero-order chi connectivity index (χ0) is 19.0. The Morgan fingerprint density at radius 1 is 1.26 bits per heavy atom. The van der Waals surface area contributed by atoms with E-state index in [0.717, 1.165) is 37.5 Å². The quantitative estimate of drug-likeness (QED) is 0.896. The third kappa shape index (κ3) is 3.58. The molecule has 1 saturated carbocycles. The van der Waals surface area contributed by atoms with Gasteiger partial charge in [0.15, 0.2) is 0 Å². The van der Waals surface area contributed by atoms with Crippen LogP contribution in [0.4, 0.5) is 5.82 Å². The Labute approximate surface area is 159 Å². The van der Waals surface area contributed by atoms with Crippen LogP contribution < -0.4 is 5.32 Å². The van der Waals surface area contributed by atoms with Crippen LogP contribution in [0.2, 0.25) is 0 Å². The maximum absolute atomic E-state index is 13.0. The monoisotopic (exact) mass is 369 g/mol. The highest BCUT2D eigenvalue weighted by molar-refractivity contribution is 5.95. The number of rotatable bonds is 4. The molecule has 1 aliphatic heterocycles. The van der Waals surface area contributed by atoms with E-state index in [1.54, 1.807) is 13.3 Å². The standard InChI is InChI=1S/C21H27N3O3/c1-13-8-17(14(2)27-13)21(25)24-11-15-9-18(19(26-3)10-16(15)12-24)23-20-6-4-5-7-22-20/h4-8,15-16,18-19H,9-12H2,1-3H3,(H,22,23)/t15-,16+,18-,19-/m1/s1. The summed E-state index contributed by atoms with van der Waals surface area (Å²) in [5, 5.41) is 3.53. The Balaban J connectivity index is 1.46. The molecule has 0 bridgehead atoms. The van der Waals surface area contributed by atoms with Gasteiger partial charge >= 0.3 is 0 Å². The number of likely N-dealkylation sites (tertiary alicyclic amines) is 1. The van der Waals surface area contributed by atoms with Crippen molar-refractivity contribution in [2.75, 3.05) is 25.5 Å². The van der Waals surface area contributed by atoms with Gasteiger partial charge in [0.05, 0.1) is 17.7 Å². The third-order valence-corrected chi connectivity index (χ3v) is 5.98. The number of fused-ring (bicyclic) bond motifs is 1. The van der Waals surface area contributed by atoms with Crippen molar-refractivity contribution in [1.29, 1.82) is 0 Å². The lowest BCUT2D eigenvalue weighted by Crippen LogP contribution is -2.44. The summed E-state index contributed by atoms with van der Waals surface area (Å²) in [4.78, 5) is 19.3. The molecule has 6 heteroatoms. The number of anilines is 1. The molecule has 2 aliphatic rings. The maximum atomic E-state index is 13.0. The van der Waals surface area contributed by atoms with Crippen LogP contribution in [-0.2, 0) is 4.74 Å². The molecule has 2 aromatic rings. The molecule has 4 atom stereocenters. The first-order valence-corrected chi connectivity index (χ1v) is 9.62. The summed E-state index contributed by atoms with van der Waals surface area (Å²) in [6.45, 7) is 5.33. The maximum Gasteiger partial charge on any atom is 0.257 e. The summed E-state index contributed by atoms with van der Waals surface area (Å²) in [7, 11) is 1.77. The lowest BCUT2D eigenvalue weighted by molar-refractivity contribution is 0.0304. The Kier molecular flexibility index (Phi) is 4.91. The second kappa shape index (κ2) is 7.35. The zero-order valence-electron chi connectivity index (χ0n) is 16.1. The van der Waals surface area contributed by atoms with Crippen LogP contribution in [0.25, 0.3) is 0 Å². The fourth-order valence-electron chi connectivity index (χ4n) is 4.64. The Bertz CT molecular complexity index is 804. The van der Waals surface area contributed by atoms with Crippen molar-refractivity contribution in [2.24, 2.45) is 11.8 Å². The summed E-state index contributed by atoms with van der Waals surface area (Å²) in [5.41, 5.74) is 0.692. The van der Waals surface area contributed by atoms with Gasteiger partial charge in [0.1, 0.15) is 17.3 Å². The first-order valence-electron chi connectivity index (χ1n) is 9.62. The fourth-order valence-corrected chi connectivity index (χ4v) is 4.64. The summed E-state index contributed by atoms with van der Waals surface area (Å²) in [6, 6.07) is 7.93. The van der Waals surface area contributed by atoms with Crippen LogP contribution in [0.1, 0.15) is 34.7 Å². The van der Waals surface area contributed by atoms with Gasteiger partial charge in [0, 0.05) is 26.4 Å². The minimum absolute atomic E-state index is 0.0851. The van der Waals surface area contributed by atoms with Crippen LogP contribution >= 0.6 is 0 Å². The highest BCUT2D eigenvalue weighted by atomic mass is 16.5. The predicted molar refractivity (Wildman–Crippen MR) is 103 cm³/mol. The van der Waals surface area contributed by atoms with Crippen molar-refractivity contribution >= 4 is 11.7 Å². The first-order chi connectivity index (χ1) is 13.0. The van der Waals surface area contributed by atoms with Gasteiger partial charge in [0.2, 0.25) is 0 Å². The first kappa shape index (κ1) is 18.0. The molecule has 144 valence electrons. The van der Waals surface area contributed by atoms with Crippen molar-refractivity contribution in [3.63, 3.8) is 0 Å². The van der Waals surface area contributed by atoms with Crippen LogP contribution in [0.3, 0.4) is 0 Å². The number of aryl methyl sites for hydroxylation is 2. The number of aromatic nitrogens is 1. The molecular formula is C21H27N3O3. The van der Waals surface area contributed by atoms with Gasteiger partial charge in [0.25, 0.3) is 5.91 Å². The molecule has 1 amide bonds. The van der Waals surface area contributed by atoms with E-state index in [2.05, 4.69) is 10.3 Å².